The second kappa shape index (κ2) is 17.4. The minimum atomic E-state index is 0.704. The number of benzene rings is 2. The van der Waals surface area contributed by atoms with Crippen molar-refractivity contribution >= 4 is 5.71 Å². The fourth-order valence-electron chi connectivity index (χ4n) is 4.64. The van der Waals surface area contributed by atoms with E-state index in [9.17, 15) is 5.21 Å². The Hall–Kier alpha value is -2.09. The molecule has 0 fully saturated rings. The van der Waals surface area contributed by atoms with Crippen molar-refractivity contribution < 1.29 is 5.21 Å². The molecule has 2 rings (SSSR count). The van der Waals surface area contributed by atoms with E-state index in [0.29, 0.717) is 5.71 Å². The largest absolute Gasteiger partial charge is 0.410 e. The highest BCUT2D eigenvalue weighted by Gasteiger charge is 2.13. The Labute approximate surface area is 203 Å². The molecule has 2 aromatic carbocycles. The number of oxime groups is 1. The van der Waals surface area contributed by atoms with Crippen LogP contribution in [0.15, 0.2) is 53.7 Å². The van der Waals surface area contributed by atoms with Crippen LogP contribution in [-0.2, 0) is 12.8 Å². The fourth-order valence-corrected chi connectivity index (χ4v) is 4.64. The maximum atomic E-state index is 9.95. The predicted octanol–water partition coefficient (Wildman–Crippen LogP) is 9.50. The molecule has 2 heteroatoms. The molecule has 0 saturated carbocycles. The van der Waals surface area contributed by atoms with Crippen LogP contribution in [0.3, 0.4) is 0 Å². The average Bonchev–Trinajstić information content (AvgIpc) is 2.85. The van der Waals surface area contributed by atoms with E-state index in [0.717, 1.165) is 24.0 Å². The Bertz CT molecular complexity index is 781. The second-order valence-electron chi connectivity index (χ2n) is 9.55. The highest BCUT2D eigenvalue weighted by atomic mass is 16.4. The van der Waals surface area contributed by atoms with E-state index in [1.54, 1.807) is 0 Å². The summed E-state index contributed by atoms with van der Waals surface area (Å²) in [6, 6.07) is 17.0. The van der Waals surface area contributed by atoms with Crippen LogP contribution in [0, 0.1) is 0 Å². The zero-order chi connectivity index (χ0) is 23.6. The summed E-state index contributed by atoms with van der Waals surface area (Å²) in [5.41, 5.74) is 5.46. The lowest BCUT2D eigenvalue weighted by molar-refractivity contribution is 0.319. The van der Waals surface area contributed by atoms with Gasteiger partial charge in [0, 0.05) is 11.1 Å². The van der Waals surface area contributed by atoms with Gasteiger partial charge in [-0.1, -0.05) is 139 Å². The Kier molecular flexibility index (Phi) is 14.3. The molecule has 0 aliphatic heterocycles. The fraction of sp³-hybridized carbons (Fsp3) is 0.581. The lowest BCUT2D eigenvalue weighted by Gasteiger charge is -2.14. The molecule has 0 saturated heterocycles. The van der Waals surface area contributed by atoms with Gasteiger partial charge in [-0.25, -0.2) is 0 Å². The number of nitrogens with zero attached hydrogens (tertiary/aromatic N) is 1. The summed E-state index contributed by atoms with van der Waals surface area (Å²) in [6.45, 7) is 4.54. The third-order valence-electron chi connectivity index (χ3n) is 6.70. The van der Waals surface area contributed by atoms with Gasteiger partial charge in [-0.05, 0) is 42.9 Å². The van der Waals surface area contributed by atoms with Crippen molar-refractivity contribution in [2.24, 2.45) is 5.16 Å². The van der Waals surface area contributed by atoms with Gasteiger partial charge >= 0.3 is 0 Å². The van der Waals surface area contributed by atoms with Gasteiger partial charge in [0.05, 0.1) is 0 Å². The third kappa shape index (κ3) is 10.6. The molecule has 33 heavy (non-hydrogen) atoms. The summed E-state index contributed by atoms with van der Waals surface area (Å²) < 4.78 is 0. The van der Waals surface area contributed by atoms with Crippen molar-refractivity contribution in [2.75, 3.05) is 0 Å². The molecular formula is C31H47NO. The van der Waals surface area contributed by atoms with Crippen molar-refractivity contribution in [3.63, 3.8) is 0 Å². The van der Waals surface area contributed by atoms with Crippen LogP contribution in [0.5, 0.6) is 0 Å². The van der Waals surface area contributed by atoms with Crippen LogP contribution >= 0.6 is 0 Å². The summed E-state index contributed by atoms with van der Waals surface area (Å²) in [7, 11) is 0. The zero-order valence-electron chi connectivity index (χ0n) is 21.3. The van der Waals surface area contributed by atoms with E-state index in [2.05, 4.69) is 37.2 Å². The maximum absolute atomic E-state index is 9.95. The van der Waals surface area contributed by atoms with Gasteiger partial charge in [-0.3, -0.25) is 0 Å². The number of hydrogen-bond acceptors (Lipinski definition) is 2. The molecule has 0 unspecified atom stereocenters. The van der Waals surface area contributed by atoms with E-state index >= 15 is 0 Å². The minimum absolute atomic E-state index is 0.704. The van der Waals surface area contributed by atoms with E-state index in [4.69, 9.17) is 0 Å². The molecule has 0 aliphatic carbocycles. The van der Waals surface area contributed by atoms with Gasteiger partial charge < -0.3 is 5.21 Å². The topological polar surface area (TPSA) is 32.6 Å². The summed E-state index contributed by atoms with van der Waals surface area (Å²) in [6.07, 6.45) is 20.6. The van der Waals surface area contributed by atoms with Crippen molar-refractivity contribution in [3.05, 3.63) is 70.8 Å². The zero-order valence-corrected chi connectivity index (χ0v) is 21.3. The van der Waals surface area contributed by atoms with Crippen LogP contribution in [0.2, 0.25) is 0 Å². The van der Waals surface area contributed by atoms with Gasteiger partial charge in [0.2, 0.25) is 0 Å². The minimum Gasteiger partial charge on any atom is -0.410 e. The molecule has 0 radical (unpaired) electrons. The van der Waals surface area contributed by atoms with E-state index in [-0.39, 0.29) is 0 Å². The summed E-state index contributed by atoms with van der Waals surface area (Å²) in [4.78, 5) is 0. The van der Waals surface area contributed by atoms with Gasteiger partial charge in [0.15, 0.2) is 0 Å². The molecular weight excluding hydrogens is 402 g/mol. The van der Waals surface area contributed by atoms with Crippen molar-refractivity contribution in [1.82, 2.24) is 0 Å². The van der Waals surface area contributed by atoms with Gasteiger partial charge in [0.25, 0.3) is 0 Å². The quantitative estimate of drug-likeness (QED) is 0.104. The van der Waals surface area contributed by atoms with E-state index in [1.807, 2.05) is 30.3 Å². The normalized spacial score (nSPS) is 11.8. The Balaban J connectivity index is 2.01. The van der Waals surface area contributed by atoms with Crippen molar-refractivity contribution in [3.8, 4) is 0 Å². The van der Waals surface area contributed by atoms with Crippen molar-refractivity contribution in [2.45, 2.75) is 117 Å². The van der Waals surface area contributed by atoms with Crippen LogP contribution in [0.25, 0.3) is 0 Å². The number of hydrogen-bond donors (Lipinski definition) is 1. The molecule has 0 amide bonds. The maximum Gasteiger partial charge on any atom is 0.117 e. The second-order valence-corrected chi connectivity index (χ2v) is 9.55. The van der Waals surface area contributed by atoms with E-state index in [1.165, 1.54) is 101 Å². The molecule has 0 bridgehead atoms. The van der Waals surface area contributed by atoms with Crippen LogP contribution in [-0.4, -0.2) is 10.9 Å². The van der Waals surface area contributed by atoms with Crippen LogP contribution < -0.4 is 0 Å². The summed E-state index contributed by atoms with van der Waals surface area (Å²) in [5, 5.41) is 13.7. The predicted molar refractivity (Wildman–Crippen MR) is 144 cm³/mol. The molecule has 0 spiro atoms. The molecule has 0 atom stereocenters. The first-order valence-electron chi connectivity index (χ1n) is 13.7. The highest BCUT2D eigenvalue weighted by Crippen LogP contribution is 2.22. The molecule has 2 nitrogen and oxygen atoms in total. The van der Waals surface area contributed by atoms with Gasteiger partial charge in [-0.15, -0.1) is 0 Å². The first kappa shape index (κ1) is 27.2. The van der Waals surface area contributed by atoms with Crippen LogP contribution in [0.1, 0.15) is 126 Å². The van der Waals surface area contributed by atoms with Gasteiger partial charge in [-0.2, -0.15) is 0 Å². The Morgan fingerprint density at radius 3 is 1.76 bits per heavy atom. The highest BCUT2D eigenvalue weighted by molar-refractivity contribution is 6.13. The monoisotopic (exact) mass is 449 g/mol. The molecule has 1 N–H and O–H groups in total. The Morgan fingerprint density at radius 1 is 0.636 bits per heavy atom. The third-order valence-corrected chi connectivity index (χ3v) is 6.70. The number of aryl methyl sites for hydroxylation is 2. The molecule has 2 aromatic rings. The smallest absolute Gasteiger partial charge is 0.117 e. The van der Waals surface area contributed by atoms with Gasteiger partial charge in [0.1, 0.15) is 5.71 Å². The molecule has 182 valence electrons. The number of rotatable bonds is 18. The molecule has 0 aromatic heterocycles. The summed E-state index contributed by atoms with van der Waals surface area (Å²) >= 11 is 0. The number of unbranched alkanes of at least 4 members (excludes halogenated alkanes) is 12. The lowest BCUT2D eigenvalue weighted by Crippen LogP contribution is -2.08. The summed E-state index contributed by atoms with van der Waals surface area (Å²) in [5.74, 6) is 0. The molecule has 0 aliphatic rings. The molecule has 0 heterocycles. The van der Waals surface area contributed by atoms with Crippen LogP contribution in [0.4, 0.5) is 0 Å². The Morgan fingerprint density at radius 2 is 1.18 bits per heavy atom. The average molecular weight is 450 g/mol. The first-order valence-corrected chi connectivity index (χ1v) is 13.7. The first-order chi connectivity index (χ1) is 16.3. The van der Waals surface area contributed by atoms with E-state index < -0.39 is 0 Å². The lowest BCUT2D eigenvalue weighted by atomic mass is 9.91. The standard InChI is InChI=1S/C31H47NO/c1-3-5-7-9-11-13-16-20-27-24-25-28(21-17-14-12-10-8-6-4-2)30(26-27)31(32-33)29-22-18-15-19-23-29/h15,18-19,22-26,33H,3-14,16-17,20-21H2,1-2H3. The SMILES string of the molecule is CCCCCCCCCc1ccc(CCCCCCCCC)c(C(=NO)c2ccccc2)c1. The van der Waals surface area contributed by atoms with Crippen molar-refractivity contribution in [1.29, 1.82) is 0 Å².